The molecular weight excluding hydrogens is 366 g/mol. The zero-order chi connectivity index (χ0) is 20.5. The van der Waals surface area contributed by atoms with Crippen molar-refractivity contribution in [2.24, 2.45) is 7.05 Å². The summed E-state index contributed by atoms with van der Waals surface area (Å²) >= 11 is 0. The first-order chi connectivity index (χ1) is 14.0. The molecule has 0 N–H and O–H groups in total. The van der Waals surface area contributed by atoms with E-state index in [-0.39, 0.29) is 30.5 Å². The summed E-state index contributed by atoms with van der Waals surface area (Å²) < 4.78 is 1.60. The van der Waals surface area contributed by atoms with Crippen LogP contribution in [0.15, 0.2) is 65.5 Å². The quantitative estimate of drug-likeness (QED) is 0.685. The van der Waals surface area contributed by atoms with Gasteiger partial charge in [-0.25, -0.2) is 0 Å². The minimum absolute atomic E-state index is 0.0258. The van der Waals surface area contributed by atoms with Crippen molar-refractivity contribution < 1.29 is 9.59 Å². The van der Waals surface area contributed by atoms with Crippen LogP contribution in [0.25, 0.3) is 10.9 Å². The number of piperazine rings is 1. The van der Waals surface area contributed by atoms with Crippen molar-refractivity contribution in [2.45, 2.75) is 19.0 Å². The Balaban J connectivity index is 1.72. The van der Waals surface area contributed by atoms with Crippen LogP contribution in [-0.4, -0.2) is 45.8 Å². The zero-order valence-electron chi connectivity index (χ0n) is 16.5. The Hall–Kier alpha value is -3.41. The second kappa shape index (κ2) is 7.54. The largest absolute Gasteiger partial charge is 0.335 e. The average molecular weight is 389 g/mol. The number of amides is 2. The Labute approximate surface area is 169 Å². The van der Waals surface area contributed by atoms with E-state index in [1.807, 2.05) is 60.7 Å². The van der Waals surface area contributed by atoms with Crippen LogP contribution in [0.3, 0.4) is 0 Å². The van der Waals surface area contributed by atoms with Crippen LogP contribution in [0.4, 0.5) is 0 Å². The van der Waals surface area contributed by atoms with Gasteiger partial charge in [0.05, 0.1) is 18.6 Å². The molecule has 2 amide bonds. The lowest BCUT2D eigenvalue weighted by Gasteiger charge is -2.39. The number of para-hydroxylation sites is 1. The Morgan fingerprint density at radius 3 is 2.38 bits per heavy atom. The predicted octanol–water partition coefficient (Wildman–Crippen LogP) is 1.95. The molecule has 3 aromatic rings. The Kier molecular flexibility index (Phi) is 4.92. The van der Waals surface area contributed by atoms with E-state index in [1.54, 1.807) is 23.6 Å². The fourth-order valence-corrected chi connectivity index (χ4v) is 3.95. The number of rotatable bonds is 4. The molecule has 2 heterocycles. The Bertz CT molecular complexity index is 1140. The molecule has 1 aliphatic rings. The number of hydrogen-bond acceptors (Lipinski definition) is 3. The number of fused-ring (bicyclic) bond motifs is 1. The van der Waals surface area contributed by atoms with Gasteiger partial charge < -0.3 is 14.4 Å². The Morgan fingerprint density at radius 1 is 0.931 bits per heavy atom. The second-order valence-electron chi connectivity index (χ2n) is 7.51. The van der Waals surface area contributed by atoms with Gasteiger partial charge in [0.1, 0.15) is 6.04 Å². The summed E-state index contributed by atoms with van der Waals surface area (Å²) in [6, 6.07) is 18.5. The fraction of sp³-hybridized carbons (Fsp3) is 0.261. The maximum absolute atomic E-state index is 12.9. The maximum Gasteiger partial charge on any atom is 0.255 e. The first-order valence-electron chi connectivity index (χ1n) is 9.61. The number of aromatic nitrogens is 1. The van der Waals surface area contributed by atoms with Crippen LogP contribution in [0.2, 0.25) is 0 Å². The van der Waals surface area contributed by atoms with E-state index >= 15 is 0 Å². The summed E-state index contributed by atoms with van der Waals surface area (Å²) in [6.45, 7) is 0.144. The summed E-state index contributed by atoms with van der Waals surface area (Å²) in [6.07, 6.45) is 0.420. The van der Waals surface area contributed by atoms with E-state index < -0.39 is 6.04 Å². The van der Waals surface area contributed by atoms with Crippen LogP contribution >= 0.6 is 0 Å². The van der Waals surface area contributed by atoms with Gasteiger partial charge in [-0.05, 0) is 23.1 Å². The zero-order valence-corrected chi connectivity index (χ0v) is 16.5. The highest BCUT2D eigenvalue weighted by atomic mass is 16.2. The molecule has 1 aromatic heterocycles. The third-order valence-corrected chi connectivity index (χ3v) is 5.55. The van der Waals surface area contributed by atoms with E-state index in [9.17, 15) is 14.4 Å². The van der Waals surface area contributed by atoms with Gasteiger partial charge in [0.25, 0.3) is 5.56 Å². The lowest BCUT2D eigenvalue weighted by Crippen LogP contribution is -2.59. The molecule has 1 aliphatic heterocycles. The normalized spacial score (nSPS) is 17.2. The number of pyridine rings is 1. The molecule has 1 saturated heterocycles. The lowest BCUT2D eigenvalue weighted by molar-refractivity contribution is -0.155. The molecule has 4 rings (SSSR count). The number of aryl methyl sites for hydroxylation is 1. The summed E-state index contributed by atoms with van der Waals surface area (Å²) in [5, 5.41) is 0.928. The Morgan fingerprint density at radius 2 is 1.62 bits per heavy atom. The maximum atomic E-state index is 12.9. The van der Waals surface area contributed by atoms with Crippen molar-refractivity contribution in [1.29, 1.82) is 0 Å². The van der Waals surface area contributed by atoms with Crippen LogP contribution in [-0.2, 0) is 29.6 Å². The second-order valence-corrected chi connectivity index (χ2v) is 7.51. The van der Waals surface area contributed by atoms with Gasteiger partial charge in [0.15, 0.2) is 0 Å². The molecule has 6 nitrogen and oxygen atoms in total. The fourth-order valence-electron chi connectivity index (χ4n) is 3.95. The highest BCUT2D eigenvalue weighted by Gasteiger charge is 2.38. The minimum atomic E-state index is -0.625. The van der Waals surface area contributed by atoms with Gasteiger partial charge in [-0.3, -0.25) is 14.4 Å². The van der Waals surface area contributed by atoms with E-state index in [1.165, 1.54) is 4.90 Å². The van der Waals surface area contributed by atoms with Gasteiger partial charge >= 0.3 is 0 Å². The van der Waals surface area contributed by atoms with Crippen LogP contribution in [0.5, 0.6) is 0 Å². The summed E-state index contributed by atoms with van der Waals surface area (Å²) in [5.74, 6) is -0.255. The SMILES string of the molecule is CN1CC(=O)N(Cc2cc3ccccc3n(C)c2=O)[C@@H](Cc2ccccc2)C1=O. The average Bonchev–Trinajstić information content (AvgIpc) is 2.73. The molecule has 0 radical (unpaired) electrons. The van der Waals surface area contributed by atoms with E-state index in [0.717, 1.165) is 16.5 Å². The van der Waals surface area contributed by atoms with Gasteiger partial charge in [-0.1, -0.05) is 48.5 Å². The number of carbonyl (C=O) groups excluding carboxylic acids is 2. The first-order valence-corrected chi connectivity index (χ1v) is 9.61. The van der Waals surface area contributed by atoms with E-state index in [0.29, 0.717) is 12.0 Å². The number of benzene rings is 2. The number of nitrogens with zero attached hydrogens (tertiary/aromatic N) is 3. The van der Waals surface area contributed by atoms with Gasteiger partial charge in [0.2, 0.25) is 11.8 Å². The molecule has 0 aliphatic carbocycles. The standard InChI is InChI=1S/C23H23N3O3/c1-24-15-21(27)26(20(23(24)29)12-16-8-4-3-5-9-16)14-18-13-17-10-6-7-11-19(17)25(2)22(18)28/h3-11,13,20H,12,14-15H2,1-2H3/t20-/m0/s1. The molecule has 0 bridgehead atoms. The smallest absolute Gasteiger partial charge is 0.255 e. The summed E-state index contributed by atoms with van der Waals surface area (Å²) in [4.78, 5) is 41.7. The van der Waals surface area contributed by atoms with Crippen LogP contribution < -0.4 is 5.56 Å². The first kappa shape index (κ1) is 18.9. The third-order valence-electron chi connectivity index (χ3n) is 5.55. The number of hydrogen-bond donors (Lipinski definition) is 0. The molecule has 0 saturated carbocycles. The van der Waals surface area contributed by atoms with Gasteiger partial charge in [0, 0.05) is 26.1 Å². The minimum Gasteiger partial charge on any atom is -0.335 e. The molecule has 0 spiro atoms. The van der Waals surface area contributed by atoms with Crippen molar-refractivity contribution in [2.75, 3.05) is 13.6 Å². The van der Waals surface area contributed by atoms with Crippen molar-refractivity contribution in [3.8, 4) is 0 Å². The molecule has 0 unspecified atom stereocenters. The van der Waals surface area contributed by atoms with Crippen LogP contribution in [0, 0.1) is 0 Å². The molecule has 1 fully saturated rings. The highest BCUT2D eigenvalue weighted by Crippen LogP contribution is 2.20. The van der Waals surface area contributed by atoms with Gasteiger partial charge in [-0.15, -0.1) is 0 Å². The van der Waals surface area contributed by atoms with Crippen molar-refractivity contribution in [1.82, 2.24) is 14.4 Å². The number of likely N-dealkylation sites (N-methyl/N-ethyl adjacent to an activating group) is 1. The molecule has 148 valence electrons. The molecule has 2 aromatic carbocycles. The topological polar surface area (TPSA) is 62.6 Å². The van der Waals surface area contributed by atoms with Gasteiger partial charge in [-0.2, -0.15) is 0 Å². The van der Waals surface area contributed by atoms with Crippen molar-refractivity contribution in [3.63, 3.8) is 0 Å². The molecule has 6 heteroatoms. The van der Waals surface area contributed by atoms with E-state index in [4.69, 9.17) is 0 Å². The monoisotopic (exact) mass is 389 g/mol. The third kappa shape index (κ3) is 3.53. The highest BCUT2D eigenvalue weighted by molar-refractivity contribution is 5.95. The van der Waals surface area contributed by atoms with Crippen molar-refractivity contribution in [3.05, 3.63) is 82.1 Å². The molecular formula is C23H23N3O3. The summed E-state index contributed by atoms with van der Waals surface area (Å²) in [5.41, 5.74) is 2.17. The van der Waals surface area contributed by atoms with Crippen LogP contribution in [0.1, 0.15) is 11.1 Å². The van der Waals surface area contributed by atoms with E-state index in [2.05, 4.69) is 0 Å². The summed E-state index contributed by atoms with van der Waals surface area (Å²) in [7, 11) is 3.37. The number of carbonyl (C=O) groups is 2. The molecule has 1 atom stereocenters. The van der Waals surface area contributed by atoms with Crippen molar-refractivity contribution >= 4 is 22.7 Å². The lowest BCUT2D eigenvalue weighted by atomic mass is 10.00. The predicted molar refractivity (Wildman–Crippen MR) is 111 cm³/mol. The molecule has 29 heavy (non-hydrogen) atoms.